The zero-order valence-electron chi connectivity index (χ0n) is 18.6. The van der Waals surface area contributed by atoms with E-state index < -0.39 is 15.7 Å². The van der Waals surface area contributed by atoms with Crippen molar-refractivity contribution in [1.29, 1.82) is 5.26 Å². The first-order valence-electron chi connectivity index (χ1n) is 10.5. The molecule has 0 radical (unpaired) electrons. The minimum Gasteiger partial charge on any atom is -0.293 e. The molecule has 1 aromatic heterocycles. The fraction of sp³-hybridized carbons (Fsp3) is 0.0741. The van der Waals surface area contributed by atoms with Gasteiger partial charge in [0.05, 0.1) is 21.9 Å². The molecule has 0 fully saturated rings. The van der Waals surface area contributed by atoms with Gasteiger partial charge in [0.1, 0.15) is 16.9 Å². The van der Waals surface area contributed by atoms with Crippen molar-refractivity contribution < 1.29 is 17.6 Å². The number of hydrogen-bond acceptors (Lipinski definition) is 6. The lowest BCUT2D eigenvalue weighted by Gasteiger charge is -2.14. The Bertz CT molecular complexity index is 1530. The highest BCUT2D eigenvalue weighted by Gasteiger charge is 2.18. The van der Waals surface area contributed by atoms with E-state index in [9.17, 15) is 22.9 Å². The van der Waals surface area contributed by atoms with E-state index in [0.717, 1.165) is 18.0 Å². The van der Waals surface area contributed by atoms with Gasteiger partial charge < -0.3 is 0 Å². The van der Waals surface area contributed by atoms with E-state index in [1.165, 1.54) is 24.3 Å². The van der Waals surface area contributed by atoms with Crippen molar-refractivity contribution in [3.63, 3.8) is 0 Å². The van der Waals surface area contributed by atoms with Gasteiger partial charge in [-0.1, -0.05) is 54.2 Å². The van der Waals surface area contributed by atoms with Crippen molar-refractivity contribution >= 4 is 27.4 Å². The quantitative estimate of drug-likeness (QED) is 0.234. The summed E-state index contributed by atoms with van der Waals surface area (Å²) in [5.41, 5.74) is 3.20. The Kier molecular flexibility index (Phi) is 7.10. The predicted molar refractivity (Wildman–Crippen MR) is 134 cm³/mol. The maximum absolute atomic E-state index is 13.6. The van der Waals surface area contributed by atoms with Crippen LogP contribution in [0.1, 0.15) is 15.9 Å². The van der Waals surface area contributed by atoms with Crippen molar-refractivity contribution in [3.8, 4) is 28.5 Å². The summed E-state index contributed by atoms with van der Waals surface area (Å²) in [5.74, 6) is -0.397. The molecule has 0 atom stereocenters. The Labute approximate surface area is 207 Å². The molecule has 4 rings (SSSR count). The first-order chi connectivity index (χ1) is 16.8. The van der Waals surface area contributed by atoms with E-state index in [0.29, 0.717) is 33.0 Å². The number of rotatable bonds is 7. The molecule has 174 valence electrons. The van der Waals surface area contributed by atoms with Crippen molar-refractivity contribution in [2.75, 3.05) is 12.0 Å². The SMILES string of the molecule is CS(=O)(=O)c1ccc(-c2cc(C#N)c(SCC(=O)c3ccccc3)nc2-c2ccc(F)cc2)cc1. The third-order valence-electron chi connectivity index (χ3n) is 5.25. The molecule has 8 heteroatoms. The van der Waals surface area contributed by atoms with E-state index in [1.807, 2.05) is 6.07 Å². The molecule has 0 spiro atoms. The molecule has 0 aliphatic rings. The number of thioether (sulfide) groups is 1. The molecule has 3 aromatic carbocycles. The Hall–Kier alpha value is -3.80. The maximum Gasteiger partial charge on any atom is 0.175 e. The summed E-state index contributed by atoms with van der Waals surface area (Å²) in [6.07, 6.45) is 1.13. The van der Waals surface area contributed by atoms with Crippen LogP contribution in [0.25, 0.3) is 22.4 Å². The fourth-order valence-electron chi connectivity index (χ4n) is 3.46. The van der Waals surface area contributed by atoms with E-state index in [2.05, 4.69) is 6.07 Å². The Morgan fingerprint density at radius 1 is 0.971 bits per heavy atom. The minimum absolute atomic E-state index is 0.0925. The number of carbonyl (C=O) groups excluding carboxylic acids is 1. The number of nitrogens with zero attached hydrogens (tertiary/aromatic N) is 2. The van der Waals surface area contributed by atoms with Crippen LogP contribution in [0.3, 0.4) is 0 Å². The first-order valence-corrected chi connectivity index (χ1v) is 13.4. The summed E-state index contributed by atoms with van der Waals surface area (Å²) in [4.78, 5) is 17.5. The van der Waals surface area contributed by atoms with Gasteiger partial charge in [0.2, 0.25) is 0 Å². The highest BCUT2D eigenvalue weighted by atomic mass is 32.2. The van der Waals surface area contributed by atoms with Gasteiger partial charge in [-0.25, -0.2) is 17.8 Å². The van der Waals surface area contributed by atoms with Crippen LogP contribution in [0.5, 0.6) is 0 Å². The van der Waals surface area contributed by atoms with E-state index in [1.54, 1.807) is 54.6 Å². The standard InChI is InChI=1S/C27H19FN2O3S2/c1-35(32,33)23-13-9-18(10-14-23)24-15-21(16-29)27(30-26(24)20-7-11-22(28)12-8-20)34-17-25(31)19-5-3-2-4-6-19/h2-15H,17H2,1H3. The van der Waals surface area contributed by atoms with Crippen LogP contribution < -0.4 is 0 Å². The summed E-state index contributed by atoms with van der Waals surface area (Å²) in [5, 5.41) is 10.2. The minimum atomic E-state index is -3.37. The van der Waals surface area contributed by atoms with E-state index in [-0.39, 0.29) is 22.0 Å². The topological polar surface area (TPSA) is 87.9 Å². The summed E-state index contributed by atoms with van der Waals surface area (Å²) in [6.45, 7) is 0. The monoisotopic (exact) mass is 502 g/mol. The second kappa shape index (κ2) is 10.2. The van der Waals surface area contributed by atoms with Gasteiger partial charge >= 0.3 is 0 Å². The average Bonchev–Trinajstić information content (AvgIpc) is 2.87. The summed E-state index contributed by atoms with van der Waals surface area (Å²) < 4.78 is 37.3. The predicted octanol–water partition coefficient (Wildman–Crippen LogP) is 5.80. The number of pyridine rings is 1. The number of hydrogen-bond donors (Lipinski definition) is 0. The molecule has 1 heterocycles. The lowest BCUT2D eigenvalue weighted by Crippen LogP contribution is -2.03. The Morgan fingerprint density at radius 2 is 1.60 bits per heavy atom. The average molecular weight is 503 g/mol. The normalized spacial score (nSPS) is 11.1. The number of benzene rings is 3. The number of carbonyl (C=O) groups is 1. The summed E-state index contributed by atoms with van der Waals surface area (Å²) in [7, 11) is -3.37. The van der Waals surface area contributed by atoms with Gasteiger partial charge in [0.25, 0.3) is 0 Å². The molecule has 0 bridgehead atoms. The molecule has 0 unspecified atom stereocenters. The number of nitriles is 1. The molecule has 35 heavy (non-hydrogen) atoms. The lowest BCUT2D eigenvalue weighted by molar-refractivity contribution is 0.102. The summed E-state index contributed by atoms with van der Waals surface area (Å²) >= 11 is 1.16. The van der Waals surface area contributed by atoms with Crippen LogP contribution in [0.4, 0.5) is 4.39 Å². The van der Waals surface area contributed by atoms with Gasteiger partial charge in [-0.15, -0.1) is 0 Å². The highest BCUT2D eigenvalue weighted by molar-refractivity contribution is 8.00. The zero-order valence-corrected chi connectivity index (χ0v) is 20.2. The zero-order chi connectivity index (χ0) is 25.0. The summed E-state index contributed by atoms with van der Waals surface area (Å²) in [6, 6.07) is 24.7. The fourth-order valence-corrected chi connectivity index (χ4v) is 4.94. The van der Waals surface area contributed by atoms with E-state index in [4.69, 9.17) is 4.98 Å². The number of aromatic nitrogens is 1. The lowest BCUT2D eigenvalue weighted by atomic mass is 9.98. The highest BCUT2D eigenvalue weighted by Crippen LogP contribution is 2.35. The maximum atomic E-state index is 13.6. The van der Waals surface area contributed by atoms with Crippen LogP contribution in [-0.2, 0) is 9.84 Å². The molecular weight excluding hydrogens is 483 g/mol. The molecule has 0 saturated heterocycles. The molecule has 5 nitrogen and oxygen atoms in total. The van der Waals surface area contributed by atoms with Gasteiger partial charge in [-0.2, -0.15) is 5.26 Å². The largest absolute Gasteiger partial charge is 0.293 e. The van der Waals surface area contributed by atoms with Crippen LogP contribution in [0.2, 0.25) is 0 Å². The number of sulfone groups is 1. The number of ketones is 1. The molecule has 0 saturated carbocycles. The Morgan fingerprint density at radius 3 is 2.20 bits per heavy atom. The number of halogens is 1. The third-order valence-corrected chi connectivity index (χ3v) is 7.37. The van der Waals surface area contributed by atoms with Gasteiger partial charge in [-0.05, 0) is 48.0 Å². The van der Waals surface area contributed by atoms with Crippen LogP contribution in [-0.4, -0.2) is 31.2 Å². The van der Waals surface area contributed by atoms with Crippen LogP contribution >= 0.6 is 11.8 Å². The molecule has 0 N–H and O–H groups in total. The third kappa shape index (κ3) is 5.65. The van der Waals surface area contributed by atoms with Gasteiger partial charge in [-0.3, -0.25) is 4.79 Å². The smallest absolute Gasteiger partial charge is 0.175 e. The van der Waals surface area contributed by atoms with Crippen LogP contribution in [0, 0.1) is 17.1 Å². The van der Waals surface area contributed by atoms with Gasteiger partial charge in [0.15, 0.2) is 15.6 Å². The molecule has 0 amide bonds. The van der Waals surface area contributed by atoms with Crippen molar-refractivity contribution in [2.45, 2.75) is 9.92 Å². The molecule has 0 aliphatic heterocycles. The molecule has 4 aromatic rings. The van der Waals surface area contributed by atoms with E-state index >= 15 is 0 Å². The van der Waals surface area contributed by atoms with Gasteiger partial charge in [0, 0.05) is 22.9 Å². The molecule has 0 aliphatic carbocycles. The van der Waals surface area contributed by atoms with Crippen LogP contribution in [0.15, 0.2) is 94.9 Å². The number of Topliss-reactive ketones (excluding diaryl/α,β-unsaturated/α-hetero) is 1. The second-order valence-corrected chi connectivity index (χ2v) is 10.7. The first kappa shape index (κ1) is 24.3. The second-order valence-electron chi connectivity index (χ2n) is 7.73. The Balaban J connectivity index is 1.78. The van der Waals surface area contributed by atoms with Crippen molar-refractivity contribution in [2.24, 2.45) is 0 Å². The van der Waals surface area contributed by atoms with Crippen molar-refractivity contribution in [3.05, 3.63) is 102 Å². The van der Waals surface area contributed by atoms with Crippen molar-refractivity contribution in [1.82, 2.24) is 4.98 Å². The molecular formula is C27H19FN2O3S2.